The second-order valence-corrected chi connectivity index (χ2v) is 9.03. The Kier molecular flexibility index (Phi) is 6.22. The van der Waals surface area contributed by atoms with E-state index in [0.29, 0.717) is 30.8 Å². The molecule has 2 aromatic rings. The Hall–Kier alpha value is -2.87. The summed E-state index contributed by atoms with van der Waals surface area (Å²) < 4.78 is 30.0. The molecule has 29 heavy (non-hydrogen) atoms. The molecule has 0 saturated carbocycles. The third-order valence-electron chi connectivity index (χ3n) is 4.88. The van der Waals surface area contributed by atoms with Crippen LogP contribution in [0.25, 0.3) is 0 Å². The minimum atomic E-state index is -3.34. The molecule has 0 spiro atoms. The number of ether oxygens (including phenoxy) is 1. The number of rotatable bonds is 7. The monoisotopic (exact) mass is 416 g/mol. The normalized spacial score (nSPS) is 14.2. The molecule has 3 rings (SSSR count). The van der Waals surface area contributed by atoms with E-state index in [9.17, 15) is 18.0 Å². The Morgan fingerprint density at radius 1 is 1.17 bits per heavy atom. The Morgan fingerprint density at radius 2 is 1.90 bits per heavy atom. The molecule has 1 amide bonds. The van der Waals surface area contributed by atoms with Gasteiger partial charge in [0, 0.05) is 13.1 Å². The average Bonchev–Trinajstić information content (AvgIpc) is 3.14. The van der Waals surface area contributed by atoms with Crippen LogP contribution in [0.2, 0.25) is 0 Å². The summed E-state index contributed by atoms with van der Waals surface area (Å²) in [6.07, 6.45) is 1.68. The van der Waals surface area contributed by atoms with E-state index in [1.807, 2.05) is 37.3 Å². The summed E-state index contributed by atoms with van der Waals surface area (Å²) in [4.78, 5) is 24.2. The van der Waals surface area contributed by atoms with Crippen molar-refractivity contribution in [2.24, 2.45) is 0 Å². The van der Waals surface area contributed by atoms with Crippen molar-refractivity contribution in [1.29, 1.82) is 0 Å². The van der Waals surface area contributed by atoms with Crippen LogP contribution in [0.15, 0.2) is 48.5 Å². The molecule has 154 valence electrons. The van der Waals surface area contributed by atoms with Crippen LogP contribution < -0.4 is 9.62 Å². The number of hydrogen-bond acceptors (Lipinski definition) is 5. The number of fused-ring (bicyclic) bond motifs is 1. The van der Waals surface area contributed by atoms with Crippen molar-refractivity contribution in [2.45, 2.75) is 19.3 Å². The molecule has 0 fully saturated rings. The van der Waals surface area contributed by atoms with Crippen LogP contribution in [0.1, 0.15) is 34.3 Å². The van der Waals surface area contributed by atoms with Crippen molar-refractivity contribution >= 4 is 27.6 Å². The van der Waals surface area contributed by atoms with Gasteiger partial charge in [-0.1, -0.05) is 37.3 Å². The first-order chi connectivity index (χ1) is 13.8. The molecular formula is C21H24N2O5S. The molecule has 0 aromatic heterocycles. The number of nitrogens with one attached hydrogen (secondary N) is 1. The predicted octanol–water partition coefficient (Wildman–Crippen LogP) is 2.09. The van der Waals surface area contributed by atoms with Gasteiger partial charge in [0.1, 0.15) is 0 Å². The number of hydrogen-bond donors (Lipinski definition) is 1. The van der Waals surface area contributed by atoms with Gasteiger partial charge in [-0.05, 0) is 41.7 Å². The van der Waals surface area contributed by atoms with E-state index in [-0.39, 0.29) is 18.4 Å². The third kappa shape index (κ3) is 5.14. The van der Waals surface area contributed by atoms with Gasteiger partial charge in [-0.25, -0.2) is 13.2 Å². The van der Waals surface area contributed by atoms with Gasteiger partial charge < -0.3 is 10.1 Å². The van der Waals surface area contributed by atoms with Crippen LogP contribution in [0.4, 0.5) is 5.69 Å². The van der Waals surface area contributed by atoms with Crippen molar-refractivity contribution in [2.75, 3.05) is 30.3 Å². The average molecular weight is 416 g/mol. The second kappa shape index (κ2) is 8.65. The first kappa shape index (κ1) is 20.9. The number of carbonyl (C=O) groups excluding carboxylic acids is 2. The fourth-order valence-corrected chi connectivity index (χ4v) is 4.23. The third-order valence-corrected chi connectivity index (χ3v) is 6.06. The van der Waals surface area contributed by atoms with E-state index >= 15 is 0 Å². The van der Waals surface area contributed by atoms with E-state index in [4.69, 9.17) is 4.74 Å². The summed E-state index contributed by atoms with van der Waals surface area (Å²) in [6.45, 7) is 2.44. The maximum Gasteiger partial charge on any atom is 0.338 e. The van der Waals surface area contributed by atoms with Crippen LogP contribution >= 0.6 is 0 Å². The SMILES string of the molecule is C[C@@H](CNC(=O)COC(=O)c1ccc2c(c1)CCN2S(C)(=O)=O)c1ccccc1. The number of benzene rings is 2. The molecule has 0 radical (unpaired) electrons. The molecule has 8 heteroatoms. The van der Waals surface area contributed by atoms with Crippen molar-refractivity contribution in [1.82, 2.24) is 5.32 Å². The summed E-state index contributed by atoms with van der Waals surface area (Å²) in [5, 5.41) is 2.76. The number of amides is 1. The highest BCUT2D eigenvalue weighted by Crippen LogP contribution is 2.30. The lowest BCUT2D eigenvalue weighted by Gasteiger charge is -2.16. The van der Waals surface area contributed by atoms with Crippen LogP contribution in [0.5, 0.6) is 0 Å². The molecule has 0 saturated heterocycles. The van der Waals surface area contributed by atoms with Crippen LogP contribution in [-0.4, -0.2) is 46.2 Å². The molecular weight excluding hydrogens is 392 g/mol. The summed E-state index contributed by atoms with van der Waals surface area (Å²) >= 11 is 0. The molecule has 7 nitrogen and oxygen atoms in total. The Bertz CT molecular complexity index is 1000. The van der Waals surface area contributed by atoms with Gasteiger partial charge in [-0.15, -0.1) is 0 Å². The van der Waals surface area contributed by atoms with Crippen LogP contribution in [0.3, 0.4) is 0 Å². The van der Waals surface area contributed by atoms with E-state index in [1.165, 1.54) is 10.4 Å². The Balaban J connectivity index is 1.51. The molecule has 0 aliphatic carbocycles. The molecule has 1 heterocycles. The van der Waals surface area contributed by atoms with Crippen molar-refractivity contribution in [3.63, 3.8) is 0 Å². The Labute approximate surface area is 170 Å². The number of esters is 1. The lowest BCUT2D eigenvalue weighted by Crippen LogP contribution is -2.31. The van der Waals surface area contributed by atoms with Gasteiger partial charge >= 0.3 is 5.97 Å². The first-order valence-corrected chi connectivity index (χ1v) is 11.2. The van der Waals surface area contributed by atoms with Gasteiger partial charge in [-0.2, -0.15) is 0 Å². The highest BCUT2D eigenvalue weighted by atomic mass is 32.2. The molecule has 0 unspecified atom stereocenters. The second-order valence-electron chi connectivity index (χ2n) is 7.12. The largest absolute Gasteiger partial charge is 0.452 e. The molecule has 0 bridgehead atoms. The highest BCUT2D eigenvalue weighted by Gasteiger charge is 2.27. The molecule has 1 aliphatic rings. The summed E-state index contributed by atoms with van der Waals surface area (Å²) in [7, 11) is -3.34. The maximum atomic E-state index is 12.3. The molecule has 1 N–H and O–H groups in total. The minimum Gasteiger partial charge on any atom is -0.452 e. The highest BCUT2D eigenvalue weighted by molar-refractivity contribution is 7.92. The number of carbonyl (C=O) groups is 2. The fraction of sp³-hybridized carbons (Fsp3) is 0.333. The number of sulfonamides is 1. The topological polar surface area (TPSA) is 92.8 Å². The first-order valence-electron chi connectivity index (χ1n) is 9.35. The van der Waals surface area contributed by atoms with Gasteiger partial charge in [0.15, 0.2) is 6.61 Å². The molecule has 2 aromatic carbocycles. The maximum absolute atomic E-state index is 12.3. The lowest BCUT2D eigenvalue weighted by atomic mass is 10.0. The Morgan fingerprint density at radius 3 is 2.59 bits per heavy atom. The molecule has 1 atom stereocenters. The lowest BCUT2D eigenvalue weighted by molar-refractivity contribution is -0.124. The minimum absolute atomic E-state index is 0.144. The zero-order valence-corrected chi connectivity index (χ0v) is 17.2. The number of anilines is 1. The zero-order chi connectivity index (χ0) is 21.0. The standard InChI is InChI=1S/C21H24N2O5S/c1-15(16-6-4-3-5-7-16)13-22-20(24)14-28-21(25)18-8-9-19-17(12-18)10-11-23(19)29(2,26)27/h3-9,12,15H,10-11,13-14H2,1-2H3,(H,22,24)/t15-/m0/s1. The smallest absolute Gasteiger partial charge is 0.338 e. The van der Waals surface area contributed by atoms with Gasteiger partial charge in [-0.3, -0.25) is 9.10 Å². The quantitative estimate of drug-likeness (QED) is 0.698. The van der Waals surface area contributed by atoms with E-state index < -0.39 is 16.0 Å². The van der Waals surface area contributed by atoms with Crippen molar-refractivity contribution in [3.05, 3.63) is 65.2 Å². The van der Waals surface area contributed by atoms with E-state index in [1.54, 1.807) is 12.1 Å². The van der Waals surface area contributed by atoms with E-state index in [0.717, 1.165) is 17.4 Å². The van der Waals surface area contributed by atoms with E-state index in [2.05, 4.69) is 5.32 Å². The predicted molar refractivity (Wildman–Crippen MR) is 110 cm³/mol. The zero-order valence-electron chi connectivity index (χ0n) is 16.4. The van der Waals surface area contributed by atoms with Crippen molar-refractivity contribution < 1.29 is 22.7 Å². The fourth-order valence-electron chi connectivity index (χ4n) is 3.27. The molecule has 1 aliphatic heterocycles. The van der Waals surface area contributed by atoms with Crippen LogP contribution in [-0.2, 0) is 26.0 Å². The van der Waals surface area contributed by atoms with Gasteiger partial charge in [0.2, 0.25) is 10.0 Å². The summed E-state index contributed by atoms with van der Waals surface area (Å²) in [6, 6.07) is 14.6. The van der Waals surface area contributed by atoms with Crippen LogP contribution in [0, 0.1) is 0 Å². The van der Waals surface area contributed by atoms with Crippen molar-refractivity contribution in [3.8, 4) is 0 Å². The van der Waals surface area contributed by atoms with Gasteiger partial charge in [0.05, 0.1) is 17.5 Å². The number of nitrogens with zero attached hydrogens (tertiary/aromatic N) is 1. The summed E-state index contributed by atoms with van der Waals surface area (Å²) in [5.41, 5.74) is 2.76. The van der Waals surface area contributed by atoms with Gasteiger partial charge in [0.25, 0.3) is 5.91 Å². The summed E-state index contributed by atoms with van der Waals surface area (Å²) in [5.74, 6) is -0.840.